The Kier molecular flexibility index (Phi) is 4.97. The molecule has 2 aromatic heterocycles. The molecule has 1 atom stereocenters. The second-order valence-electron chi connectivity index (χ2n) is 6.67. The monoisotopic (exact) mass is 352 g/mol. The highest BCUT2D eigenvalue weighted by molar-refractivity contribution is 7.10. The van der Waals surface area contributed by atoms with Crippen LogP contribution in [-0.2, 0) is 26.6 Å². The van der Waals surface area contributed by atoms with Crippen molar-refractivity contribution in [3.05, 3.63) is 75.7 Å². The molecule has 0 spiro atoms. The average molecular weight is 353 g/mol. The van der Waals surface area contributed by atoms with Crippen LogP contribution in [0.25, 0.3) is 0 Å². The first kappa shape index (κ1) is 16.5. The lowest BCUT2D eigenvalue weighted by atomic mass is 10.0. The molecule has 1 N–H and O–H groups in total. The average Bonchev–Trinajstić information content (AvgIpc) is 3.27. The van der Waals surface area contributed by atoms with E-state index in [1.54, 1.807) is 4.88 Å². The summed E-state index contributed by atoms with van der Waals surface area (Å²) in [5, 5.41) is 10.1. The van der Waals surface area contributed by atoms with E-state index in [1.807, 2.05) is 29.3 Å². The predicted molar refractivity (Wildman–Crippen MR) is 103 cm³/mol. The first-order valence-electron chi connectivity index (χ1n) is 8.82. The Morgan fingerprint density at radius 2 is 2.12 bits per heavy atom. The Labute approximate surface area is 153 Å². The minimum atomic E-state index is 0.394. The van der Waals surface area contributed by atoms with Crippen molar-refractivity contribution in [3.63, 3.8) is 0 Å². The Morgan fingerprint density at radius 3 is 2.92 bits per heavy atom. The van der Waals surface area contributed by atoms with Crippen LogP contribution >= 0.6 is 11.3 Å². The molecule has 3 aromatic rings. The molecule has 25 heavy (non-hydrogen) atoms. The van der Waals surface area contributed by atoms with Crippen LogP contribution in [-0.4, -0.2) is 27.8 Å². The Balaban J connectivity index is 1.47. The molecule has 0 fully saturated rings. The van der Waals surface area contributed by atoms with Gasteiger partial charge in [-0.3, -0.25) is 9.58 Å². The van der Waals surface area contributed by atoms with Crippen LogP contribution in [0.1, 0.15) is 27.6 Å². The second kappa shape index (κ2) is 7.52. The van der Waals surface area contributed by atoms with Gasteiger partial charge < -0.3 is 5.32 Å². The summed E-state index contributed by atoms with van der Waals surface area (Å²) in [6.07, 6.45) is 5.17. The zero-order valence-electron chi connectivity index (χ0n) is 14.6. The zero-order chi connectivity index (χ0) is 17.1. The third kappa shape index (κ3) is 3.84. The SMILES string of the molecule is Cn1cc(CNCC(c2ccccc2)N2CCc3sccc3C2)cn1. The molecule has 4 rings (SSSR count). The van der Waals surface area contributed by atoms with E-state index >= 15 is 0 Å². The fraction of sp³-hybridized carbons (Fsp3) is 0.350. The van der Waals surface area contributed by atoms with Gasteiger partial charge in [0, 0.05) is 55.9 Å². The third-order valence-corrected chi connectivity index (χ3v) is 5.91. The van der Waals surface area contributed by atoms with Crippen LogP contribution in [0.5, 0.6) is 0 Å². The van der Waals surface area contributed by atoms with Gasteiger partial charge in [-0.25, -0.2) is 0 Å². The summed E-state index contributed by atoms with van der Waals surface area (Å²) in [5.74, 6) is 0. The smallest absolute Gasteiger partial charge is 0.0534 e. The number of aromatic nitrogens is 2. The molecular weight excluding hydrogens is 328 g/mol. The van der Waals surface area contributed by atoms with Crippen LogP contribution < -0.4 is 5.32 Å². The fourth-order valence-corrected chi connectivity index (χ4v) is 4.48. The summed E-state index contributed by atoms with van der Waals surface area (Å²) >= 11 is 1.90. The molecule has 1 aliphatic rings. The van der Waals surface area contributed by atoms with Crippen LogP contribution in [0.3, 0.4) is 0 Å². The van der Waals surface area contributed by atoms with Crippen LogP contribution in [0.2, 0.25) is 0 Å². The van der Waals surface area contributed by atoms with Crippen molar-refractivity contribution in [1.29, 1.82) is 0 Å². The third-order valence-electron chi connectivity index (χ3n) is 4.89. The molecule has 0 saturated heterocycles. The number of rotatable bonds is 6. The number of aryl methyl sites for hydroxylation is 1. The molecule has 5 heteroatoms. The molecular formula is C20H24N4S. The maximum Gasteiger partial charge on any atom is 0.0534 e. The second-order valence-corrected chi connectivity index (χ2v) is 7.67. The van der Waals surface area contributed by atoms with Crippen molar-refractivity contribution in [2.75, 3.05) is 13.1 Å². The number of thiophene rings is 1. The topological polar surface area (TPSA) is 33.1 Å². The van der Waals surface area contributed by atoms with Gasteiger partial charge in [-0.05, 0) is 29.0 Å². The first-order valence-corrected chi connectivity index (χ1v) is 9.70. The summed E-state index contributed by atoms with van der Waals surface area (Å²) in [4.78, 5) is 4.17. The van der Waals surface area contributed by atoms with Gasteiger partial charge in [-0.15, -0.1) is 11.3 Å². The number of fused-ring (bicyclic) bond motifs is 1. The van der Waals surface area contributed by atoms with Gasteiger partial charge in [0.2, 0.25) is 0 Å². The van der Waals surface area contributed by atoms with E-state index in [-0.39, 0.29) is 0 Å². The molecule has 0 bridgehead atoms. The van der Waals surface area contributed by atoms with Gasteiger partial charge in [0.1, 0.15) is 0 Å². The molecule has 1 unspecified atom stereocenters. The molecule has 130 valence electrons. The van der Waals surface area contributed by atoms with Crippen LogP contribution in [0.15, 0.2) is 54.2 Å². The summed E-state index contributed by atoms with van der Waals surface area (Å²) in [7, 11) is 1.96. The number of nitrogens with zero attached hydrogens (tertiary/aromatic N) is 3. The molecule has 0 aliphatic carbocycles. The van der Waals surface area contributed by atoms with Crippen LogP contribution in [0, 0.1) is 0 Å². The summed E-state index contributed by atoms with van der Waals surface area (Å²) in [6.45, 7) is 3.97. The van der Waals surface area contributed by atoms with Gasteiger partial charge in [0.25, 0.3) is 0 Å². The zero-order valence-corrected chi connectivity index (χ0v) is 15.4. The minimum Gasteiger partial charge on any atom is -0.311 e. The van der Waals surface area contributed by atoms with Crippen molar-refractivity contribution in [2.24, 2.45) is 7.05 Å². The predicted octanol–water partition coefficient (Wildman–Crippen LogP) is 3.37. The van der Waals surface area contributed by atoms with Gasteiger partial charge >= 0.3 is 0 Å². The maximum atomic E-state index is 4.25. The lowest BCUT2D eigenvalue weighted by Gasteiger charge is -2.35. The van der Waals surface area contributed by atoms with Crippen molar-refractivity contribution in [3.8, 4) is 0 Å². The molecule has 0 radical (unpaired) electrons. The summed E-state index contributed by atoms with van der Waals surface area (Å²) < 4.78 is 1.86. The highest BCUT2D eigenvalue weighted by Crippen LogP contribution is 2.30. The first-order chi connectivity index (χ1) is 12.3. The van der Waals surface area contributed by atoms with Gasteiger partial charge in [0.05, 0.1) is 6.20 Å². The molecule has 1 aliphatic heterocycles. The van der Waals surface area contributed by atoms with Crippen LogP contribution in [0.4, 0.5) is 0 Å². The lowest BCUT2D eigenvalue weighted by Crippen LogP contribution is -2.38. The number of hydrogen-bond acceptors (Lipinski definition) is 4. The van der Waals surface area contributed by atoms with Gasteiger partial charge in [-0.2, -0.15) is 5.10 Å². The highest BCUT2D eigenvalue weighted by Gasteiger charge is 2.25. The highest BCUT2D eigenvalue weighted by atomic mass is 32.1. The Hall–Kier alpha value is -1.95. The Morgan fingerprint density at radius 1 is 1.24 bits per heavy atom. The molecule has 0 saturated carbocycles. The van der Waals surface area contributed by atoms with Crippen molar-refractivity contribution < 1.29 is 0 Å². The molecule has 4 nitrogen and oxygen atoms in total. The number of benzene rings is 1. The fourth-order valence-electron chi connectivity index (χ4n) is 3.59. The van der Waals surface area contributed by atoms with Crippen molar-refractivity contribution in [1.82, 2.24) is 20.0 Å². The lowest BCUT2D eigenvalue weighted by molar-refractivity contribution is 0.176. The standard InChI is InChI=1S/C20H24N4S/c1-23-14-16(12-22-23)11-21-13-19(17-5-3-2-4-6-17)24-9-7-20-18(15-24)8-10-25-20/h2-6,8,10,12,14,19,21H,7,9,11,13,15H2,1H3. The minimum absolute atomic E-state index is 0.394. The van der Waals surface area contributed by atoms with E-state index in [2.05, 4.69) is 63.3 Å². The van der Waals surface area contributed by atoms with E-state index in [0.29, 0.717) is 6.04 Å². The van der Waals surface area contributed by atoms with Crippen molar-refractivity contribution in [2.45, 2.75) is 25.6 Å². The van der Waals surface area contributed by atoms with Gasteiger partial charge in [-0.1, -0.05) is 30.3 Å². The van der Waals surface area contributed by atoms with E-state index < -0.39 is 0 Å². The van der Waals surface area contributed by atoms with Gasteiger partial charge in [0.15, 0.2) is 0 Å². The quantitative estimate of drug-likeness (QED) is 0.738. The Bertz CT molecular complexity index is 808. The summed E-state index contributed by atoms with van der Waals surface area (Å²) in [5.41, 5.74) is 4.12. The van der Waals surface area contributed by atoms with Crippen molar-refractivity contribution >= 4 is 11.3 Å². The largest absolute Gasteiger partial charge is 0.311 e. The molecule has 0 amide bonds. The van der Waals surface area contributed by atoms with E-state index in [9.17, 15) is 0 Å². The van der Waals surface area contributed by atoms with E-state index in [0.717, 1.165) is 26.2 Å². The summed E-state index contributed by atoms with van der Waals surface area (Å²) in [6, 6.07) is 13.6. The number of nitrogens with one attached hydrogen (secondary N) is 1. The number of hydrogen-bond donors (Lipinski definition) is 1. The maximum absolute atomic E-state index is 4.25. The van der Waals surface area contributed by atoms with E-state index in [4.69, 9.17) is 0 Å². The molecule has 1 aromatic carbocycles. The van der Waals surface area contributed by atoms with E-state index in [1.165, 1.54) is 23.1 Å². The normalized spacial score (nSPS) is 15.9. The molecule has 3 heterocycles.